The van der Waals surface area contributed by atoms with Crippen LogP contribution in [0.15, 0.2) is 39.7 Å². The van der Waals surface area contributed by atoms with Crippen molar-refractivity contribution in [1.29, 1.82) is 0 Å². The van der Waals surface area contributed by atoms with Crippen molar-refractivity contribution >= 4 is 16.9 Å². The van der Waals surface area contributed by atoms with Gasteiger partial charge >= 0.3 is 0 Å². The van der Waals surface area contributed by atoms with Crippen molar-refractivity contribution in [3.63, 3.8) is 0 Å². The molecule has 2 rings (SSSR count). The lowest BCUT2D eigenvalue weighted by Gasteiger charge is -2.11. The molecule has 2 aromatic rings. The first-order valence-electron chi connectivity index (χ1n) is 8.68. The molecule has 0 fully saturated rings. The number of aliphatic imine (C=N–C) groups is 1. The van der Waals surface area contributed by atoms with E-state index in [1.165, 1.54) is 0 Å². The molecule has 0 saturated heterocycles. The molecule has 0 radical (unpaired) electrons. The van der Waals surface area contributed by atoms with Gasteiger partial charge in [-0.15, -0.1) is 0 Å². The van der Waals surface area contributed by atoms with Crippen molar-refractivity contribution in [2.45, 2.75) is 26.7 Å². The minimum Gasteiger partial charge on any atom is -0.461 e. The van der Waals surface area contributed by atoms with Gasteiger partial charge in [-0.2, -0.15) is 0 Å². The molecule has 0 saturated carbocycles. The van der Waals surface area contributed by atoms with Crippen LogP contribution < -0.4 is 10.6 Å². The van der Waals surface area contributed by atoms with Gasteiger partial charge in [0.25, 0.3) is 0 Å². The molecule has 0 unspecified atom stereocenters. The third-order valence-corrected chi connectivity index (χ3v) is 3.57. The molecule has 0 atom stereocenters. The van der Waals surface area contributed by atoms with Crippen LogP contribution in [0.5, 0.6) is 0 Å². The van der Waals surface area contributed by atoms with Crippen LogP contribution in [-0.2, 0) is 11.2 Å². The van der Waals surface area contributed by atoms with Gasteiger partial charge in [-0.25, -0.2) is 0 Å². The van der Waals surface area contributed by atoms with Gasteiger partial charge < -0.3 is 19.8 Å². The summed E-state index contributed by atoms with van der Waals surface area (Å²) in [5.41, 5.74) is 0.941. The second-order valence-electron chi connectivity index (χ2n) is 6.25. The number of ether oxygens (including phenoxy) is 1. The number of hydrogen-bond acceptors (Lipinski definition) is 3. The topological polar surface area (TPSA) is 58.8 Å². The van der Waals surface area contributed by atoms with E-state index < -0.39 is 0 Å². The average Bonchev–Trinajstić information content (AvgIpc) is 2.98. The zero-order valence-electron chi connectivity index (χ0n) is 15.0. The molecule has 132 valence electrons. The van der Waals surface area contributed by atoms with Gasteiger partial charge in [-0.3, -0.25) is 4.99 Å². The first kappa shape index (κ1) is 18.3. The molecule has 0 aliphatic carbocycles. The Morgan fingerprint density at radius 3 is 2.75 bits per heavy atom. The number of hydrogen-bond donors (Lipinski definition) is 2. The normalized spacial score (nSPS) is 12.1. The summed E-state index contributed by atoms with van der Waals surface area (Å²) < 4.78 is 11.4. The van der Waals surface area contributed by atoms with E-state index in [0.29, 0.717) is 5.92 Å². The molecule has 0 spiro atoms. The van der Waals surface area contributed by atoms with Crippen molar-refractivity contribution in [3.05, 3.63) is 36.1 Å². The maximum absolute atomic E-state index is 5.81. The van der Waals surface area contributed by atoms with E-state index in [9.17, 15) is 0 Å². The van der Waals surface area contributed by atoms with E-state index in [1.54, 1.807) is 7.05 Å². The fourth-order valence-electron chi connectivity index (χ4n) is 2.38. The van der Waals surface area contributed by atoms with E-state index in [-0.39, 0.29) is 0 Å². The molecular weight excluding hydrogens is 302 g/mol. The maximum Gasteiger partial charge on any atom is 0.190 e. The quantitative estimate of drug-likeness (QED) is 0.421. The molecule has 24 heavy (non-hydrogen) atoms. The lowest BCUT2D eigenvalue weighted by molar-refractivity contribution is 0.108. The highest BCUT2D eigenvalue weighted by atomic mass is 16.5. The van der Waals surface area contributed by atoms with E-state index >= 15 is 0 Å². The van der Waals surface area contributed by atoms with Gasteiger partial charge in [0, 0.05) is 45.2 Å². The molecule has 0 bridgehead atoms. The summed E-state index contributed by atoms with van der Waals surface area (Å²) in [5.74, 6) is 2.39. The van der Waals surface area contributed by atoms with Gasteiger partial charge in [0.2, 0.25) is 0 Å². The summed E-state index contributed by atoms with van der Waals surface area (Å²) in [5, 5.41) is 7.76. The van der Waals surface area contributed by atoms with Crippen molar-refractivity contribution < 1.29 is 9.15 Å². The highest BCUT2D eigenvalue weighted by Crippen LogP contribution is 2.18. The predicted octanol–water partition coefficient (Wildman–Crippen LogP) is 3.20. The van der Waals surface area contributed by atoms with Crippen molar-refractivity contribution in [2.75, 3.05) is 33.4 Å². The molecule has 2 N–H and O–H groups in total. The Kier molecular flexibility index (Phi) is 7.62. The molecule has 1 aromatic heterocycles. The summed E-state index contributed by atoms with van der Waals surface area (Å²) in [7, 11) is 1.78. The summed E-state index contributed by atoms with van der Waals surface area (Å²) >= 11 is 0. The number of guanidine groups is 1. The first-order chi connectivity index (χ1) is 11.7. The van der Waals surface area contributed by atoms with Crippen LogP contribution in [0.25, 0.3) is 11.0 Å². The van der Waals surface area contributed by atoms with Crippen LogP contribution in [0, 0.1) is 5.92 Å². The SMILES string of the molecule is CN=C(NCCCOCC(C)C)NCCc1cc2ccccc2o1. The Bertz CT molecular complexity index is 601. The second kappa shape index (κ2) is 9.98. The first-order valence-corrected chi connectivity index (χ1v) is 8.68. The summed E-state index contributed by atoms with van der Waals surface area (Å²) in [6.07, 6.45) is 1.80. The maximum atomic E-state index is 5.81. The van der Waals surface area contributed by atoms with Crippen molar-refractivity contribution in [1.82, 2.24) is 10.6 Å². The lowest BCUT2D eigenvalue weighted by Crippen LogP contribution is -2.39. The number of para-hydroxylation sites is 1. The molecule has 5 nitrogen and oxygen atoms in total. The van der Waals surface area contributed by atoms with Crippen LogP contribution >= 0.6 is 0 Å². The fraction of sp³-hybridized carbons (Fsp3) is 0.526. The van der Waals surface area contributed by atoms with E-state index in [0.717, 1.165) is 61.8 Å². The van der Waals surface area contributed by atoms with Crippen molar-refractivity contribution in [3.8, 4) is 0 Å². The van der Waals surface area contributed by atoms with Crippen LogP contribution in [0.4, 0.5) is 0 Å². The predicted molar refractivity (Wildman–Crippen MR) is 99.6 cm³/mol. The molecule has 5 heteroatoms. The van der Waals surface area contributed by atoms with Gasteiger partial charge in [-0.05, 0) is 24.5 Å². The highest BCUT2D eigenvalue weighted by molar-refractivity contribution is 5.79. The number of furan rings is 1. The Morgan fingerprint density at radius 1 is 1.21 bits per heavy atom. The third-order valence-electron chi connectivity index (χ3n) is 3.57. The lowest BCUT2D eigenvalue weighted by atomic mass is 10.2. The second-order valence-corrected chi connectivity index (χ2v) is 6.25. The van der Waals surface area contributed by atoms with Crippen LogP contribution in [0.2, 0.25) is 0 Å². The third kappa shape index (κ3) is 6.24. The minimum atomic E-state index is 0.589. The van der Waals surface area contributed by atoms with Crippen molar-refractivity contribution in [2.24, 2.45) is 10.9 Å². The Labute approximate surface area is 144 Å². The van der Waals surface area contributed by atoms with E-state index in [2.05, 4.69) is 41.6 Å². The molecule has 1 aromatic carbocycles. The Balaban J connectivity index is 1.63. The number of nitrogens with one attached hydrogen (secondary N) is 2. The monoisotopic (exact) mass is 331 g/mol. The van der Waals surface area contributed by atoms with Gasteiger partial charge in [0.1, 0.15) is 11.3 Å². The van der Waals surface area contributed by atoms with Crippen LogP contribution in [0.1, 0.15) is 26.0 Å². The number of rotatable bonds is 9. The highest BCUT2D eigenvalue weighted by Gasteiger charge is 2.03. The van der Waals surface area contributed by atoms with Crippen LogP contribution in [0.3, 0.4) is 0 Å². The van der Waals surface area contributed by atoms with Gasteiger partial charge in [-0.1, -0.05) is 32.0 Å². The Morgan fingerprint density at radius 2 is 2.00 bits per heavy atom. The molecule has 0 aliphatic heterocycles. The number of nitrogens with zero attached hydrogens (tertiary/aromatic N) is 1. The zero-order valence-corrected chi connectivity index (χ0v) is 15.0. The van der Waals surface area contributed by atoms with Crippen LogP contribution in [-0.4, -0.2) is 39.3 Å². The van der Waals surface area contributed by atoms with E-state index in [1.807, 2.05) is 18.2 Å². The van der Waals surface area contributed by atoms with Gasteiger partial charge in [0.05, 0.1) is 0 Å². The minimum absolute atomic E-state index is 0.589. The Hall–Kier alpha value is -2.01. The summed E-state index contributed by atoms with van der Waals surface area (Å²) in [6, 6.07) is 10.2. The largest absolute Gasteiger partial charge is 0.461 e. The molecule has 1 heterocycles. The smallest absolute Gasteiger partial charge is 0.190 e. The molecular formula is C19H29N3O2. The van der Waals surface area contributed by atoms with Gasteiger partial charge in [0.15, 0.2) is 5.96 Å². The number of benzene rings is 1. The molecule has 0 amide bonds. The van der Waals surface area contributed by atoms with E-state index in [4.69, 9.17) is 9.15 Å². The fourth-order valence-corrected chi connectivity index (χ4v) is 2.38. The standard InChI is InChI=1S/C19H29N3O2/c1-15(2)14-23-12-6-10-21-19(20-3)22-11-9-17-13-16-7-4-5-8-18(16)24-17/h4-5,7-8,13,15H,6,9-12,14H2,1-3H3,(H2,20,21,22). The summed E-state index contributed by atoms with van der Waals surface area (Å²) in [4.78, 5) is 4.23. The number of fused-ring (bicyclic) bond motifs is 1. The average molecular weight is 331 g/mol. The zero-order chi connectivity index (χ0) is 17.2. The molecule has 0 aliphatic rings. The summed E-state index contributed by atoms with van der Waals surface area (Å²) in [6.45, 7) is 7.55.